The van der Waals surface area contributed by atoms with E-state index in [0.29, 0.717) is 19.0 Å². The zero-order chi connectivity index (χ0) is 17.3. The number of ether oxygens (including phenoxy) is 2. The summed E-state index contributed by atoms with van der Waals surface area (Å²) in [6.07, 6.45) is 0. The maximum absolute atomic E-state index is 12.0. The molecule has 1 amide bonds. The molecule has 0 bridgehead atoms. The van der Waals surface area contributed by atoms with Crippen molar-refractivity contribution in [3.63, 3.8) is 0 Å². The van der Waals surface area contributed by atoms with Gasteiger partial charge in [0, 0.05) is 17.0 Å². The van der Waals surface area contributed by atoms with Gasteiger partial charge in [-0.25, -0.2) is 4.98 Å². The largest absolute Gasteiger partial charge is 0.486 e. The van der Waals surface area contributed by atoms with Crippen molar-refractivity contribution in [3.05, 3.63) is 23.8 Å². The number of amides is 1. The number of rotatable bonds is 3. The Morgan fingerprint density at radius 2 is 1.88 bits per heavy atom. The van der Waals surface area contributed by atoms with Crippen LogP contribution in [0.15, 0.2) is 23.2 Å². The first-order valence-electron chi connectivity index (χ1n) is 7.97. The van der Waals surface area contributed by atoms with Crippen LogP contribution in [0.3, 0.4) is 0 Å². The number of aryl methyl sites for hydroxylation is 1. The Bertz CT molecular complexity index is 784. The number of fused-ring (bicyclic) bond motifs is 2. The van der Waals surface area contributed by atoms with Gasteiger partial charge in [0.25, 0.3) is 0 Å². The number of hydrogen-bond acceptors (Lipinski definition) is 5. The molecule has 0 saturated heterocycles. The van der Waals surface area contributed by atoms with Gasteiger partial charge in [0.05, 0.1) is 11.3 Å². The lowest BCUT2D eigenvalue weighted by Gasteiger charge is -2.20. The number of carbonyl (C=O) groups excluding carboxylic acids is 1. The predicted octanol–water partition coefficient (Wildman–Crippen LogP) is 3.32. The topological polar surface area (TPSA) is 60.5 Å². The molecule has 3 rings (SSSR count). The lowest BCUT2D eigenvalue weighted by molar-refractivity contribution is -0.119. The lowest BCUT2D eigenvalue weighted by atomic mass is 10.1. The summed E-state index contributed by atoms with van der Waals surface area (Å²) < 4.78 is 11.2. The Labute approximate surface area is 146 Å². The lowest BCUT2D eigenvalue weighted by Crippen LogP contribution is -2.41. The number of pyridine rings is 1. The summed E-state index contributed by atoms with van der Waals surface area (Å²) in [5.74, 6) is 1.85. The highest BCUT2D eigenvalue weighted by Gasteiger charge is 2.16. The second-order valence-electron chi connectivity index (χ2n) is 6.89. The summed E-state index contributed by atoms with van der Waals surface area (Å²) in [7, 11) is 0. The van der Waals surface area contributed by atoms with Crippen LogP contribution in [0, 0.1) is 6.92 Å². The van der Waals surface area contributed by atoms with Crippen LogP contribution >= 0.6 is 11.8 Å². The number of carbonyl (C=O) groups is 1. The van der Waals surface area contributed by atoms with Crippen LogP contribution in [0.25, 0.3) is 10.9 Å². The number of nitrogens with one attached hydrogen (secondary N) is 1. The highest BCUT2D eigenvalue weighted by molar-refractivity contribution is 7.99. The molecule has 24 heavy (non-hydrogen) atoms. The molecule has 2 aromatic rings. The van der Waals surface area contributed by atoms with Crippen LogP contribution in [0.2, 0.25) is 0 Å². The molecule has 0 unspecified atom stereocenters. The Morgan fingerprint density at radius 3 is 2.54 bits per heavy atom. The van der Waals surface area contributed by atoms with Gasteiger partial charge < -0.3 is 14.8 Å². The van der Waals surface area contributed by atoms with Crippen molar-refractivity contribution in [1.82, 2.24) is 10.3 Å². The van der Waals surface area contributed by atoms with E-state index in [1.54, 1.807) is 0 Å². The highest BCUT2D eigenvalue weighted by Crippen LogP contribution is 2.35. The fourth-order valence-electron chi connectivity index (χ4n) is 2.53. The standard InChI is InChI=1S/C18H22N2O3S/c1-11-7-12-8-14-15(23-6-5-22-14)9-13(12)19-17(11)24-10-16(21)20-18(2,3)4/h7-9H,5-6,10H2,1-4H3,(H,20,21). The summed E-state index contributed by atoms with van der Waals surface area (Å²) in [6, 6.07) is 5.94. The van der Waals surface area contributed by atoms with Crippen molar-refractivity contribution in [1.29, 1.82) is 0 Å². The molecule has 1 aromatic heterocycles. The predicted molar refractivity (Wildman–Crippen MR) is 96.1 cm³/mol. The molecule has 1 aliphatic rings. The van der Waals surface area contributed by atoms with Gasteiger partial charge in [0.2, 0.25) is 5.91 Å². The molecule has 128 valence electrons. The SMILES string of the molecule is Cc1cc2cc3c(cc2nc1SCC(=O)NC(C)(C)C)OCCO3. The van der Waals surface area contributed by atoms with Crippen molar-refractivity contribution in [2.24, 2.45) is 0 Å². The van der Waals surface area contributed by atoms with Gasteiger partial charge in [0.1, 0.15) is 18.2 Å². The minimum atomic E-state index is -0.222. The zero-order valence-corrected chi connectivity index (χ0v) is 15.3. The molecule has 5 nitrogen and oxygen atoms in total. The summed E-state index contributed by atoms with van der Waals surface area (Å²) >= 11 is 1.45. The fourth-order valence-corrected chi connectivity index (χ4v) is 3.32. The summed E-state index contributed by atoms with van der Waals surface area (Å²) in [4.78, 5) is 16.7. The number of benzene rings is 1. The molecule has 0 saturated carbocycles. The van der Waals surface area contributed by atoms with E-state index in [2.05, 4.69) is 11.4 Å². The van der Waals surface area contributed by atoms with E-state index in [4.69, 9.17) is 14.5 Å². The van der Waals surface area contributed by atoms with Crippen molar-refractivity contribution in [3.8, 4) is 11.5 Å². The maximum Gasteiger partial charge on any atom is 0.230 e. The smallest absolute Gasteiger partial charge is 0.230 e. The van der Waals surface area contributed by atoms with Gasteiger partial charge in [-0.05, 0) is 45.4 Å². The van der Waals surface area contributed by atoms with Gasteiger partial charge in [-0.3, -0.25) is 4.79 Å². The molecule has 6 heteroatoms. The third kappa shape index (κ3) is 3.93. The second-order valence-corrected chi connectivity index (χ2v) is 7.85. The molecule has 0 atom stereocenters. The minimum Gasteiger partial charge on any atom is -0.486 e. The van der Waals surface area contributed by atoms with Crippen LogP contribution < -0.4 is 14.8 Å². The van der Waals surface area contributed by atoms with E-state index in [9.17, 15) is 4.79 Å². The van der Waals surface area contributed by atoms with E-state index in [0.717, 1.165) is 33.0 Å². The summed E-state index contributed by atoms with van der Waals surface area (Å²) in [5, 5.41) is 4.84. The molecule has 1 aromatic carbocycles. The third-order valence-corrected chi connectivity index (χ3v) is 4.57. The molecular formula is C18H22N2O3S. The van der Waals surface area contributed by atoms with Crippen molar-refractivity contribution < 1.29 is 14.3 Å². The Morgan fingerprint density at radius 1 is 1.21 bits per heavy atom. The van der Waals surface area contributed by atoms with Crippen LogP contribution in [0.1, 0.15) is 26.3 Å². The van der Waals surface area contributed by atoms with Gasteiger partial charge in [-0.2, -0.15) is 0 Å². The number of aromatic nitrogens is 1. The molecule has 2 heterocycles. The van der Waals surface area contributed by atoms with Gasteiger partial charge in [-0.15, -0.1) is 0 Å². The Hall–Kier alpha value is -1.95. The Balaban J connectivity index is 1.81. The fraction of sp³-hybridized carbons (Fsp3) is 0.444. The van der Waals surface area contributed by atoms with E-state index in [1.807, 2.05) is 39.8 Å². The first kappa shape index (κ1) is 16.9. The average molecular weight is 346 g/mol. The highest BCUT2D eigenvalue weighted by atomic mass is 32.2. The quantitative estimate of drug-likeness (QED) is 0.864. The zero-order valence-electron chi connectivity index (χ0n) is 14.4. The van der Waals surface area contributed by atoms with Gasteiger partial charge >= 0.3 is 0 Å². The van der Waals surface area contributed by atoms with E-state index < -0.39 is 0 Å². The van der Waals surface area contributed by atoms with Crippen LogP contribution in [-0.4, -0.2) is 35.4 Å². The first-order valence-corrected chi connectivity index (χ1v) is 8.95. The van der Waals surface area contributed by atoms with Crippen LogP contribution in [0.5, 0.6) is 11.5 Å². The average Bonchev–Trinajstić information content (AvgIpc) is 2.49. The van der Waals surface area contributed by atoms with Gasteiger partial charge in [0.15, 0.2) is 11.5 Å². The van der Waals surface area contributed by atoms with E-state index >= 15 is 0 Å². The van der Waals surface area contributed by atoms with E-state index in [1.165, 1.54) is 11.8 Å². The monoisotopic (exact) mass is 346 g/mol. The summed E-state index contributed by atoms with van der Waals surface area (Å²) in [6.45, 7) is 9.05. The molecule has 1 aliphatic heterocycles. The number of thioether (sulfide) groups is 1. The van der Waals surface area contributed by atoms with Crippen molar-refractivity contribution >= 4 is 28.6 Å². The van der Waals surface area contributed by atoms with Crippen molar-refractivity contribution in [2.75, 3.05) is 19.0 Å². The Kier molecular flexibility index (Phi) is 4.58. The summed E-state index contributed by atoms with van der Waals surface area (Å²) in [5.41, 5.74) is 1.68. The third-order valence-electron chi connectivity index (χ3n) is 3.48. The minimum absolute atomic E-state index is 0.0102. The van der Waals surface area contributed by atoms with E-state index in [-0.39, 0.29) is 11.4 Å². The van der Waals surface area contributed by atoms with Crippen LogP contribution in [-0.2, 0) is 4.79 Å². The molecule has 0 aliphatic carbocycles. The molecule has 1 N–H and O–H groups in total. The number of hydrogen-bond donors (Lipinski definition) is 1. The maximum atomic E-state index is 12.0. The number of nitrogens with zero attached hydrogens (tertiary/aromatic N) is 1. The normalized spacial score (nSPS) is 13.8. The second kappa shape index (κ2) is 6.51. The van der Waals surface area contributed by atoms with Gasteiger partial charge in [-0.1, -0.05) is 11.8 Å². The first-order chi connectivity index (χ1) is 11.3. The van der Waals surface area contributed by atoms with Crippen molar-refractivity contribution in [2.45, 2.75) is 38.3 Å². The molecule has 0 radical (unpaired) electrons. The van der Waals surface area contributed by atoms with Crippen LogP contribution in [0.4, 0.5) is 0 Å². The molecule has 0 fully saturated rings. The molecule has 0 spiro atoms. The molecular weight excluding hydrogens is 324 g/mol.